The lowest BCUT2D eigenvalue weighted by molar-refractivity contribution is -0.123. The molecule has 2 heterocycles. The summed E-state index contributed by atoms with van der Waals surface area (Å²) in [7, 11) is 0. The van der Waals surface area contributed by atoms with Crippen molar-refractivity contribution >= 4 is 5.91 Å². The molecule has 2 fully saturated rings. The molecule has 132 valence electrons. The van der Waals surface area contributed by atoms with Crippen LogP contribution in [0.25, 0.3) is 0 Å². The Bertz CT molecular complexity index is 787. The monoisotopic (exact) mass is 344 g/mol. The summed E-state index contributed by atoms with van der Waals surface area (Å²) < 4.78 is 19.8. The number of nitrogens with one attached hydrogen (secondary N) is 2. The molecule has 1 aromatic carbocycles. The summed E-state index contributed by atoms with van der Waals surface area (Å²) in [6.07, 6.45) is 1.99. The number of ether oxygens (including phenoxy) is 1. The maximum absolute atomic E-state index is 14.1. The van der Waals surface area contributed by atoms with Crippen LogP contribution in [-0.2, 0) is 14.9 Å². The molecule has 6 nitrogen and oxygen atoms in total. The molecular formula is C18H21FN4O2. The summed E-state index contributed by atoms with van der Waals surface area (Å²) in [5.41, 5.74) is -0.210. The number of amides is 1. The molecule has 2 aromatic rings. The van der Waals surface area contributed by atoms with Crippen molar-refractivity contribution in [2.45, 2.75) is 37.7 Å². The molecule has 7 heteroatoms. The zero-order valence-electron chi connectivity index (χ0n) is 14.1. The van der Waals surface area contributed by atoms with Gasteiger partial charge < -0.3 is 10.1 Å². The first-order valence-electron chi connectivity index (χ1n) is 8.64. The largest absolute Gasteiger partial charge is 0.370 e. The van der Waals surface area contributed by atoms with Crippen molar-refractivity contribution in [2.75, 3.05) is 13.2 Å². The predicted molar refractivity (Wildman–Crippen MR) is 88.2 cm³/mol. The van der Waals surface area contributed by atoms with Crippen molar-refractivity contribution < 1.29 is 13.9 Å². The summed E-state index contributed by atoms with van der Waals surface area (Å²) in [6, 6.07) is 6.54. The van der Waals surface area contributed by atoms with E-state index in [2.05, 4.69) is 20.5 Å². The average Bonchev–Trinajstić information content (AvgIpc) is 3.08. The minimum Gasteiger partial charge on any atom is -0.370 e. The highest BCUT2D eigenvalue weighted by Gasteiger charge is 2.52. The van der Waals surface area contributed by atoms with Crippen molar-refractivity contribution in [1.29, 1.82) is 0 Å². The molecule has 1 amide bonds. The van der Waals surface area contributed by atoms with E-state index in [-0.39, 0.29) is 23.7 Å². The Morgan fingerprint density at radius 2 is 2.24 bits per heavy atom. The van der Waals surface area contributed by atoms with E-state index < -0.39 is 5.41 Å². The molecule has 1 saturated heterocycles. The first-order chi connectivity index (χ1) is 12.1. The number of benzene rings is 1. The van der Waals surface area contributed by atoms with Crippen LogP contribution in [0.1, 0.15) is 42.6 Å². The number of halogens is 1. The second kappa shape index (κ2) is 6.22. The van der Waals surface area contributed by atoms with E-state index in [1.54, 1.807) is 18.2 Å². The zero-order valence-corrected chi connectivity index (χ0v) is 14.1. The van der Waals surface area contributed by atoms with Crippen LogP contribution in [0.4, 0.5) is 4.39 Å². The average molecular weight is 344 g/mol. The number of carbonyl (C=O) groups excluding carboxylic acids is 1. The Kier molecular flexibility index (Phi) is 4.03. The Labute approximate surface area is 145 Å². The molecular weight excluding hydrogens is 323 g/mol. The number of carbonyl (C=O) groups is 1. The highest BCUT2D eigenvalue weighted by atomic mass is 19.1. The maximum Gasteiger partial charge on any atom is 0.230 e. The van der Waals surface area contributed by atoms with Gasteiger partial charge in [0.25, 0.3) is 0 Å². The van der Waals surface area contributed by atoms with Gasteiger partial charge in [-0.1, -0.05) is 18.2 Å². The molecule has 4 rings (SSSR count). The van der Waals surface area contributed by atoms with Gasteiger partial charge >= 0.3 is 0 Å². The lowest BCUT2D eigenvalue weighted by Crippen LogP contribution is -2.38. The molecule has 1 aliphatic carbocycles. The number of rotatable bonds is 5. The number of aromatic amines is 1. The molecule has 2 N–H and O–H groups in total. The first kappa shape index (κ1) is 16.2. The molecule has 25 heavy (non-hydrogen) atoms. The maximum atomic E-state index is 14.1. The zero-order chi connectivity index (χ0) is 17.4. The third-order valence-corrected chi connectivity index (χ3v) is 5.18. The fourth-order valence-corrected chi connectivity index (χ4v) is 3.60. The lowest BCUT2D eigenvalue weighted by atomic mass is 9.93. The van der Waals surface area contributed by atoms with E-state index in [0.29, 0.717) is 37.4 Å². The van der Waals surface area contributed by atoms with Gasteiger partial charge in [-0.25, -0.2) is 9.37 Å². The minimum atomic E-state index is -0.707. The van der Waals surface area contributed by atoms with E-state index in [1.165, 1.54) is 6.07 Å². The van der Waals surface area contributed by atoms with Gasteiger partial charge in [0, 0.05) is 24.6 Å². The van der Waals surface area contributed by atoms with Gasteiger partial charge in [-0.3, -0.25) is 9.89 Å². The van der Waals surface area contributed by atoms with E-state index in [0.717, 1.165) is 12.2 Å². The van der Waals surface area contributed by atoms with Crippen LogP contribution in [0.5, 0.6) is 0 Å². The predicted octanol–water partition coefficient (Wildman–Crippen LogP) is 2.18. The van der Waals surface area contributed by atoms with Crippen molar-refractivity contribution in [3.63, 3.8) is 0 Å². The number of hydrogen-bond acceptors (Lipinski definition) is 4. The smallest absolute Gasteiger partial charge is 0.230 e. The summed E-state index contributed by atoms with van der Waals surface area (Å²) in [4.78, 5) is 17.1. The van der Waals surface area contributed by atoms with Gasteiger partial charge in [0.05, 0.1) is 5.41 Å². The third-order valence-electron chi connectivity index (χ3n) is 5.18. The second-order valence-electron chi connectivity index (χ2n) is 6.89. The second-order valence-corrected chi connectivity index (χ2v) is 6.89. The van der Waals surface area contributed by atoms with Crippen LogP contribution in [0, 0.1) is 18.7 Å². The van der Waals surface area contributed by atoms with Crippen LogP contribution in [-0.4, -0.2) is 34.2 Å². The highest BCUT2D eigenvalue weighted by Crippen LogP contribution is 2.49. The molecule has 1 aliphatic heterocycles. The van der Waals surface area contributed by atoms with Crippen molar-refractivity contribution in [2.24, 2.45) is 5.92 Å². The first-order valence-corrected chi connectivity index (χ1v) is 8.64. The van der Waals surface area contributed by atoms with Crippen LogP contribution in [0.15, 0.2) is 24.3 Å². The molecule has 0 radical (unpaired) electrons. The Morgan fingerprint density at radius 1 is 1.44 bits per heavy atom. The van der Waals surface area contributed by atoms with Gasteiger partial charge in [0.15, 0.2) is 5.82 Å². The van der Waals surface area contributed by atoms with E-state index in [4.69, 9.17) is 4.74 Å². The van der Waals surface area contributed by atoms with Crippen molar-refractivity contribution in [3.05, 3.63) is 47.3 Å². The molecule has 2 atom stereocenters. The minimum absolute atomic E-state index is 0.102. The summed E-state index contributed by atoms with van der Waals surface area (Å²) in [5, 5.41) is 10.0. The molecule has 2 aliphatic rings. The van der Waals surface area contributed by atoms with Crippen LogP contribution >= 0.6 is 0 Å². The van der Waals surface area contributed by atoms with Crippen LogP contribution in [0.3, 0.4) is 0 Å². The molecule has 0 spiro atoms. The van der Waals surface area contributed by atoms with Crippen LogP contribution in [0.2, 0.25) is 0 Å². The normalized spacial score (nSPS) is 24.2. The number of aryl methyl sites for hydroxylation is 1. The van der Waals surface area contributed by atoms with E-state index in [1.807, 2.05) is 6.92 Å². The summed E-state index contributed by atoms with van der Waals surface area (Å²) in [5.74, 6) is 1.08. The summed E-state index contributed by atoms with van der Waals surface area (Å²) >= 11 is 0. The molecule has 1 saturated carbocycles. The SMILES string of the molecule is Cc1nc([C@H]2OCC[C@H]2CNC(=O)C2(c3ccccc3F)CC2)n[nH]1. The topological polar surface area (TPSA) is 79.9 Å². The Hall–Kier alpha value is -2.28. The standard InChI is InChI=1S/C18H21FN4O2/c1-11-21-16(23-22-11)15-12(6-9-25-15)10-20-17(24)18(7-8-18)13-4-2-3-5-14(13)19/h2-5,12,15H,6-10H2,1H3,(H,20,24)(H,21,22,23)/t12-,15-/m0/s1. The number of H-pyrrole nitrogens is 1. The third kappa shape index (κ3) is 2.93. The van der Waals surface area contributed by atoms with Crippen molar-refractivity contribution in [3.8, 4) is 0 Å². The highest BCUT2D eigenvalue weighted by molar-refractivity contribution is 5.91. The van der Waals surface area contributed by atoms with Gasteiger partial charge in [-0.15, -0.1) is 0 Å². The number of aromatic nitrogens is 3. The number of hydrogen-bond donors (Lipinski definition) is 2. The Morgan fingerprint density at radius 3 is 2.92 bits per heavy atom. The molecule has 0 bridgehead atoms. The summed E-state index contributed by atoms with van der Waals surface area (Å²) in [6.45, 7) is 2.94. The quantitative estimate of drug-likeness (QED) is 0.871. The molecule has 1 aromatic heterocycles. The van der Waals surface area contributed by atoms with E-state index in [9.17, 15) is 9.18 Å². The van der Waals surface area contributed by atoms with Crippen LogP contribution < -0.4 is 5.32 Å². The number of nitrogens with zero attached hydrogens (tertiary/aromatic N) is 2. The Balaban J connectivity index is 1.43. The van der Waals surface area contributed by atoms with Crippen molar-refractivity contribution in [1.82, 2.24) is 20.5 Å². The lowest BCUT2D eigenvalue weighted by Gasteiger charge is -2.20. The van der Waals surface area contributed by atoms with Gasteiger partial charge in [0.2, 0.25) is 5.91 Å². The fourth-order valence-electron chi connectivity index (χ4n) is 3.60. The van der Waals surface area contributed by atoms with Gasteiger partial charge in [0.1, 0.15) is 17.7 Å². The molecule has 0 unspecified atom stereocenters. The fraction of sp³-hybridized carbons (Fsp3) is 0.500. The van der Waals surface area contributed by atoms with Gasteiger partial charge in [-0.2, -0.15) is 5.10 Å². The van der Waals surface area contributed by atoms with Gasteiger partial charge in [-0.05, 0) is 32.3 Å². The van der Waals surface area contributed by atoms with E-state index >= 15 is 0 Å².